The van der Waals surface area contributed by atoms with E-state index in [4.69, 9.17) is 0 Å². The first-order valence-electron chi connectivity index (χ1n) is 9.83. The van der Waals surface area contributed by atoms with E-state index in [1.54, 1.807) is 11.3 Å². The molecular weight excluding hydrogens is 378 g/mol. The molecule has 1 saturated carbocycles. The first kappa shape index (κ1) is 18.0. The van der Waals surface area contributed by atoms with E-state index in [2.05, 4.69) is 47.6 Å². The number of hydrogen-bond acceptors (Lipinski definition) is 4. The molecule has 0 aliphatic heterocycles. The molecule has 1 aliphatic carbocycles. The summed E-state index contributed by atoms with van der Waals surface area (Å²) in [7, 11) is 0. The van der Waals surface area contributed by atoms with Crippen molar-refractivity contribution in [2.45, 2.75) is 32.7 Å². The third-order valence-electron chi connectivity index (χ3n) is 5.41. The minimum absolute atomic E-state index is 0.0128. The number of fused-ring (bicyclic) bond motifs is 1. The van der Waals surface area contributed by atoms with Gasteiger partial charge in [0.2, 0.25) is 0 Å². The van der Waals surface area contributed by atoms with E-state index in [0.29, 0.717) is 11.6 Å². The Balaban J connectivity index is 1.60. The van der Waals surface area contributed by atoms with Crippen molar-refractivity contribution in [1.82, 2.24) is 15.5 Å². The van der Waals surface area contributed by atoms with Gasteiger partial charge >= 0.3 is 0 Å². The summed E-state index contributed by atoms with van der Waals surface area (Å²) in [5.74, 6) is 0.0128. The smallest absolute Gasteiger partial charge is 0.251 e. The van der Waals surface area contributed by atoms with Crippen molar-refractivity contribution in [3.8, 4) is 21.7 Å². The fraction of sp³-hybridized carbons (Fsp3) is 0.208. The topological polar surface area (TPSA) is 54.9 Å². The summed E-state index contributed by atoms with van der Waals surface area (Å²) >= 11 is 1.71. The zero-order valence-corrected chi connectivity index (χ0v) is 17.2. The number of carbonyl (C=O) groups is 1. The molecule has 5 heteroatoms. The Morgan fingerprint density at radius 3 is 2.62 bits per heavy atom. The van der Waals surface area contributed by atoms with Crippen LogP contribution < -0.4 is 5.32 Å². The van der Waals surface area contributed by atoms with Crippen molar-refractivity contribution in [1.29, 1.82) is 0 Å². The van der Waals surface area contributed by atoms with Gasteiger partial charge in [-0.05, 0) is 61.6 Å². The van der Waals surface area contributed by atoms with Crippen molar-refractivity contribution in [2.24, 2.45) is 0 Å². The predicted molar refractivity (Wildman–Crippen MR) is 118 cm³/mol. The van der Waals surface area contributed by atoms with Gasteiger partial charge in [-0.25, -0.2) is 0 Å². The lowest BCUT2D eigenvalue weighted by Gasteiger charge is -2.08. The van der Waals surface area contributed by atoms with Gasteiger partial charge in [-0.2, -0.15) is 5.10 Å². The molecule has 4 aromatic rings. The molecule has 1 N–H and O–H groups in total. The molecule has 4 nitrogen and oxygen atoms in total. The molecule has 0 spiro atoms. The van der Waals surface area contributed by atoms with Crippen LogP contribution in [0, 0.1) is 13.8 Å². The molecule has 2 aromatic heterocycles. The Morgan fingerprint density at radius 2 is 1.83 bits per heavy atom. The monoisotopic (exact) mass is 399 g/mol. The van der Waals surface area contributed by atoms with Crippen LogP contribution >= 0.6 is 11.3 Å². The summed E-state index contributed by atoms with van der Waals surface area (Å²) in [4.78, 5) is 13.6. The van der Waals surface area contributed by atoms with Gasteiger partial charge in [-0.15, -0.1) is 16.4 Å². The molecule has 0 radical (unpaired) electrons. The highest BCUT2D eigenvalue weighted by molar-refractivity contribution is 7.22. The van der Waals surface area contributed by atoms with Crippen LogP contribution in [0.5, 0.6) is 0 Å². The van der Waals surface area contributed by atoms with Crippen molar-refractivity contribution in [2.75, 3.05) is 0 Å². The lowest BCUT2D eigenvalue weighted by atomic mass is 10.0. The highest BCUT2D eigenvalue weighted by Crippen LogP contribution is 2.39. The van der Waals surface area contributed by atoms with Crippen molar-refractivity contribution in [3.63, 3.8) is 0 Å². The van der Waals surface area contributed by atoms with Gasteiger partial charge in [0.1, 0.15) is 5.69 Å². The molecule has 2 aromatic carbocycles. The third-order valence-corrected chi connectivity index (χ3v) is 6.60. The number of nitrogens with one attached hydrogen (secondary N) is 1. The Kier molecular flexibility index (Phi) is 4.40. The van der Waals surface area contributed by atoms with E-state index in [1.807, 2.05) is 36.5 Å². The normalized spacial score (nSPS) is 13.6. The number of thiophene rings is 1. The molecule has 0 atom stereocenters. The van der Waals surface area contributed by atoms with Crippen LogP contribution in [0.4, 0.5) is 0 Å². The van der Waals surface area contributed by atoms with E-state index in [1.165, 1.54) is 5.56 Å². The average Bonchev–Trinajstić information content (AvgIpc) is 3.43. The van der Waals surface area contributed by atoms with Gasteiger partial charge in [-0.1, -0.05) is 30.3 Å². The zero-order valence-electron chi connectivity index (χ0n) is 16.4. The summed E-state index contributed by atoms with van der Waals surface area (Å²) < 4.78 is 1.12. The fourth-order valence-electron chi connectivity index (χ4n) is 3.55. The van der Waals surface area contributed by atoms with Crippen LogP contribution in [-0.2, 0) is 0 Å². The molecule has 2 heterocycles. The highest BCUT2D eigenvalue weighted by Gasteiger charge is 2.24. The maximum atomic E-state index is 12.5. The number of benzene rings is 2. The third kappa shape index (κ3) is 3.42. The highest BCUT2D eigenvalue weighted by atomic mass is 32.1. The minimum atomic E-state index is 0.0128. The Hall–Kier alpha value is -3.05. The first-order chi connectivity index (χ1) is 14.1. The zero-order chi connectivity index (χ0) is 20.0. The lowest BCUT2D eigenvalue weighted by molar-refractivity contribution is 0.0951. The van der Waals surface area contributed by atoms with Gasteiger partial charge in [0.15, 0.2) is 0 Å². The minimum Gasteiger partial charge on any atom is -0.349 e. The van der Waals surface area contributed by atoms with Crippen molar-refractivity contribution in [3.05, 3.63) is 71.4 Å². The summed E-state index contributed by atoms with van der Waals surface area (Å²) in [5, 5.41) is 12.8. The second-order valence-corrected chi connectivity index (χ2v) is 8.73. The van der Waals surface area contributed by atoms with Gasteiger partial charge in [-0.3, -0.25) is 4.79 Å². The standard InChI is InChI=1S/C24H21N3OS/c1-14-5-3-4-6-19(14)22-23-17(13-25-27-22)12-21(29-23)20-11-16(8-7-15(20)2)24(28)26-18-9-10-18/h3-8,11-13,18H,9-10H2,1-2H3,(H,26,28). The van der Waals surface area contributed by atoms with Crippen LogP contribution in [0.2, 0.25) is 0 Å². The fourth-order valence-corrected chi connectivity index (χ4v) is 4.77. The number of aryl methyl sites for hydroxylation is 2. The lowest BCUT2D eigenvalue weighted by Crippen LogP contribution is -2.25. The second kappa shape index (κ2) is 7.08. The van der Waals surface area contributed by atoms with Crippen molar-refractivity contribution < 1.29 is 4.79 Å². The number of carbonyl (C=O) groups excluding carboxylic acids is 1. The van der Waals surface area contributed by atoms with E-state index in [9.17, 15) is 4.79 Å². The van der Waals surface area contributed by atoms with Crippen LogP contribution in [0.25, 0.3) is 31.8 Å². The number of aromatic nitrogens is 2. The average molecular weight is 400 g/mol. The molecule has 29 heavy (non-hydrogen) atoms. The summed E-state index contributed by atoms with van der Waals surface area (Å²) in [5.41, 5.74) is 6.15. The van der Waals surface area contributed by atoms with Crippen LogP contribution in [0.15, 0.2) is 54.7 Å². The van der Waals surface area contributed by atoms with Gasteiger partial charge < -0.3 is 5.32 Å². The van der Waals surface area contributed by atoms with Gasteiger partial charge in [0.05, 0.1) is 10.9 Å². The Bertz CT molecular complexity index is 1240. The number of amides is 1. The molecular formula is C24H21N3OS. The molecule has 0 bridgehead atoms. The number of hydrogen-bond donors (Lipinski definition) is 1. The summed E-state index contributed by atoms with van der Waals surface area (Å²) in [6.07, 6.45) is 3.99. The van der Waals surface area contributed by atoms with E-state index >= 15 is 0 Å². The molecule has 5 rings (SSSR count). The quantitative estimate of drug-likeness (QED) is 0.491. The Morgan fingerprint density at radius 1 is 1.03 bits per heavy atom. The first-order valence-corrected chi connectivity index (χ1v) is 10.6. The summed E-state index contributed by atoms with van der Waals surface area (Å²) in [6.45, 7) is 4.18. The molecule has 1 fully saturated rings. The van der Waals surface area contributed by atoms with Crippen LogP contribution in [-0.4, -0.2) is 22.1 Å². The number of nitrogens with zero attached hydrogens (tertiary/aromatic N) is 2. The number of rotatable bonds is 4. The van der Waals surface area contributed by atoms with Crippen LogP contribution in [0.1, 0.15) is 34.3 Å². The summed E-state index contributed by atoms with van der Waals surface area (Å²) in [6, 6.07) is 16.7. The molecule has 0 unspecified atom stereocenters. The van der Waals surface area contributed by atoms with Crippen LogP contribution in [0.3, 0.4) is 0 Å². The predicted octanol–water partition coefficient (Wildman–Crippen LogP) is 5.53. The van der Waals surface area contributed by atoms with Crippen molar-refractivity contribution >= 4 is 27.3 Å². The SMILES string of the molecule is Cc1ccc(C(=O)NC2CC2)cc1-c1cc2cnnc(-c3ccccc3C)c2s1. The van der Waals surface area contributed by atoms with E-state index in [0.717, 1.165) is 50.2 Å². The molecule has 144 valence electrons. The molecule has 0 saturated heterocycles. The Labute approximate surface area is 173 Å². The van der Waals surface area contributed by atoms with Gasteiger partial charge in [0, 0.05) is 27.4 Å². The molecule has 1 amide bonds. The second-order valence-electron chi connectivity index (χ2n) is 7.68. The maximum absolute atomic E-state index is 12.5. The van der Waals surface area contributed by atoms with E-state index < -0.39 is 0 Å². The van der Waals surface area contributed by atoms with E-state index in [-0.39, 0.29) is 5.91 Å². The van der Waals surface area contributed by atoms with Gasteiger partial charge in [0.25, 0.3) is 5.91 Å². The maximum Gasteiger partial charge on any atom is 0.251 e. The molecule has 1 aliphatic rings. The largest absolute Gasteiger partial charge is 0.349 e.